The van der Waals surface area contributed by atoms with Crippen molar-refractivity contribution in [2.75, 3.05) is 0 Å². The molecule has 0 spiro atoms. The molecule has 3 heteroatoms. The molecule has 0 aliphatic carbocycles. The monoisotopic (exact) mass is 282 g/mol. The Bertz CT molecular complexity index is 535. The topological polar surface area (TPSA) is 0 Å². The van der Waals surface area contributed by atoms with Crippen LogP contribution >= 0.6 is 23.2 Å². The van der Waals surface area contributed by atoms with Crippen LogP contribution in [0.5, 0.6) is 0 Å². The van der Waals surface area contributed by atoms with E-state index in [1.165, 1.54) is 11.6 Å². The number of hydrogen-bond donors (Lipinski definition) is 0. The highest BCUT2D eigenvalue weighted by Gasteiger charge is 2.12. The van der Waals surface area contributed by atoms with Crippen molar-refractivity contribution in [3.05, 3.63) is 70.0 Å². The van der Waals surface area contributed by atoms with E-state index in [0.717, 1.165) is 17.5 Å². The normalized spacial score (nSPS) is 12.4. The van der Waals surface area contributed by atoms with Crippen LogP contribution in [0.3, 0.4) is 0 Å². The van der Waals surface area contributed by atoms with E-state index >= 15 is 0 Å². The number of benzene rings is 2. The Hall–Kier alpha value is -1.05. The fourth-order valence-electron chi connectivity index (χ4n) is 1.78. The molecule has 0 N–H and O–H groups in total. The van der Waals surface area contributed by atoms with Crippen LogP contribution in [0, 0.1) is 5.82 Å². The third kappa shape index (κ3) is 2.85. The molecule has 0 heterocycles. The van der Waals surface area contributed by atoms with Gasteiger partial charge in [0.2, 0.25) is 0 Å². The van der Waals surface area contributed by atoms with Crippen LogP contribution in [0.2, 0.25) is 5.02 Å². The maximum Gasteiger partial charge on any atom is 0.141 e. The fourth-order valence-corrected chi connectivity index (χ4v) is 2.25. The lowest BCUT2D eigenvalue weighted by molar-refractivity contribution is 0.627. The Morgan fingerprint density at radius 1 is 1.06 bits per heavy atom. The van der Waals surface area contributed by atoms with Crippen LogP contribution in [-0.4, -0.2) is 0 Å². The Morgan fingerprint density at radius 3 is 2.22 bits per heavy atom. The standard InChI is InChI=1S/C15H13Cl2F/c1-2-10-3-5-11(6-4-10)15(17)12-7-8-14(18)13(16)9-12/h3-9,15H,2H2,1H3. The highest BCUT2D eigenvalue weighted by atomic mass is 35.5. The summed E-state index contributed by atoms with van der Waals surface area (Å²) in [4.78, 5) is 0. The van der Waals surface area contributed by atoms with Crippen LogP contribution < -0.4 is 0 Å². The van der Waals surface area contributed by atoms with Crippen molar-refractivity contribution in [3.8, 4) is 0 Å². The highest BCUT2D eigenvalue weighted by Crippen LogP contribution is 2.31. The molecule has 0 aliphatic heterocycles. The van der Waals surface area contributed by atoms with Gasteiger partial charge in [0.05, 0.1) is 10.4 Å². The molecular formula is C15H13Cl2F. The van der Waals surface area contributed by atoms with Crippen molar-refractivity contribution < 1.29 is 4.39 Å². The molecule has 0 saturated heterocycles. The van der Waals surface area contributed by atoms with E-state index in [1.807, 2.05) is 12.1 Å². The molecule has 2 rings (SSSR count). The maximum absolute atomic E-state index is 13.1. The first-order valence-electron chi connectivity index (χ1n) is 5.79. The molecule has 0 saturated carbocycles. The van der Waals surface area contributed by atoms with Crippen LogP contribution in [0.15, 0.2) is 42.5 Å². The van der Waals surface area contributed by atoms with Gasteiger partial charge in [0.25, 0.3) is 0 Å². The Balaban J connectivity index is 2.28. The van der Waals surface area contributed by atoms with Gasteiger partial charge in [-0.1, -0.05) is 48.9 Å². The van der Waals surface area contributed by atoms with Crippen molar-refractivity contribution in [2.45, 2.75) is 18.7 Å². The molecule has 18 heavy (non-hydrogen) atoms. The molecule has 0 aromatic heterocycles. The van der Waals surface area contributed by atoms with Crippen molar-refractivity contribution >= 4 is 23.2 Å². The molecule has 0 fully saturated rings. The zero-order valence-electron chi connectivity index (χ0n) is 9.96. The number of rotatable bonds is 3. The molecule has 1 unspecified atom stereocenters. The molecule has 0 amide bonds. The summed E-state index contributed by atoms with van der Waals surface area (Å²) < 4.78 is 13.1. The van der Waals surface area contributed by atoms with E-state index in [-0.39, 0.29) is 10.4 Å². The van der Waals surface area contributed by atoms with Gasteiger partial charge in [0.1, 0.15) is 5.82 Å². The average Bonchev–Trinajstić information content (AvgIpc) is 2.41. The summed E-state index contributed by atoms with van der Waals surface area (Å²) in [7, 11) is 0. The molecule has 0 radical (unpaired) electrons. The smallest absolute Gasteiger partial charge is 0.141 e. The van der Waals surface area contributed by atoms with Gasteiger partial charge in [0.15, 0.2) is 0 Å². The van der Waals surface area contributed by atoms with Gasteiger partial charge < -0.3 is 0 Å². The summed E-state index contributed by atoms with van der Waals surface area (Å²) in [5, 5.41) is -0.211. The summed E-state index contributed by atoms with van der Waals surface area (Å²) in [6, 6.07) is 12.7. The fraction of sp³-hybridized carbons (Fsp3) is 0.200. The van der Waals surface area contributed by atoms with Crippen molar-refractivity contribution in [1.82, 2.24) is 0 Å². The van der Waals surface area contributed by atoms with E-state index < -0.39 is 5.82 Å². The molecule has 94 valence electrons. The molecule has 0 nitrogen and oxygen atoms in total. The molecule has 0 aliphatic rings. The van der Waals surface area contributed by atoms with E-state index in [1.54, 1.807) is 12.1 Å². The number of hydrogen-bond acceptors (Lipinski definition) is 0. The van der Waals surface area contributed by atoms with Gasteiger partial charge in [-0.3, -0.25) is 0 Å². The van der Waals surface area contributed by atoms with Crippen LogP contribution in [-0.2, 0) is 6.42 Å². The van der Waals surface area contributed by atoms with Crippen LogP contribution in [0.4, 0.5) is 4.39 Å². The number of aryl methyl sites for hydroxylation is 1. The van der Waals surface area contributed by atoms with E-state index in [2.05, 4.69) is 19.1 Å². The second-order valence-electron chi connectivity index (χ2n) is 4.13. The van der Waals surface area contributed by atoms with Gasteiger partial charge in [-0.05, 0) is 35.2 Å². The van der Waals surface area contributed by atoms with Crippen LogP contribution in [0.25, 0.3) is 0 Å². The lowest BCUT2D eigenvalue weighted by atomic mass is 10.0. The lowest BCUT2D eigenvalue weighted by Crippen LogP contribution is -1.94. The first-order valence-corrected chi connectivity index (χ1v) is 6.61. The zero-order valence-corrected chi connectivity index (χ0v) is 11.5. The Morgan fingerprint density at radius 2 is 1.67 bits per heavy atom. The first kappa shape index (κ1) is 13.4. The number of halogens is 3. The maximum atomic E-state index is 13.1. The summed E-state index contributed by atoms with van der Waals surface area (Å²) >= 11 is 12.1. The van der Waals surface area contributed by atoms with Gasteiger partial charge >= 0.3 is 0 Å². The molecule has 1 atom stereocenters. The van der Waals surface area contributed by atoms with Gasteiger partial charge in [-0.2, -0.15) is 0 Å². The molecular weight excluding hydrogens is 270 g/mol. The highest BCUT2D eigenvalue weighted by molar-refractivity contribution is 6.31. The molecule has 2 aromatic carbocycles. The van der Waals surface area contributed by atoms with Crippen LogP contribution in [0.1, 0.15) is 29.0 Å². The average molecular weight is 283 g/mol. The predicted octanol–water partition coefficient (Wildman–Crippen LogP) is 5.37. The molecule has 2 aromatic rings. The molecule has 0 bridgehead atoms. The quantitative estimate of drug-likeness (QED) is 0.664. The van der Waals surface area contributed by atoms with E-state index in [0.29, 0.717) is 0 Å². The number of alkyl halides is 1. The third-order valence-electron chi connectivity index (χ3n) is 2.92. The summed E-state index contributed by atoms with van der Waals surface area (Å²) in [6.07, 6.45) is 0.996. The van der Waals surface area contributed by atoms with Crippen molar-refractivity contribution in [1.29, 1.82) is 0 Å². The zero-order chi connectivity index (χ0) is 13.1. The minimum atomic E-state index is -0.425. The lowest BCUT2D eigenvalue weighted by Gasteiger charge is -2.11. The Labute approximate surface area is 116 Å². The second-order valence-corrected chi connectivity index (χ2v) is 4.97. The van der Waals surface area contributed by atoms with Gasteiger partial charge in [-0.15, -0.1) is 11.6 Å². The van der Waals surface area contributed by atoms with Gasteiger partial charge in [0, 0.05) is 0 Å². The summed E-state index contributed by atoms with van der Waals surface area (Å²) in [6.45, 7) is 2.10. The summed E-state index contributed by atoms with van der Waals surface area (Å²) in [5.41, 5.74) is 3.05. The predicted molar refractivity (Wildman–Crippen MR) is 74.9 cm³/mol. The third-order valence-corrected chi connectivity index (χ3v) is 3.71. The minimum absolute atomic E-state index is 0.100. The van der Waals surface area contributed by atoms with E-state index in [9.17, 15) is 4.39 Å². The largest absolute Gasteiger partial charge is 0.205 e. The SMILES string of the molecule is CCc1ccc(C(Cl)c2ccc(F)c(Cl)c2)cc1. The van der Waals surface area contributed by atoms with Crippen molar-refractivity contribution in [3.63, 3.8) is 0 Å². The minimum Gasteiger partial charge on any atom is -0.205 e. The first-order chi connectivity index (χ1) is 8.61. The van der Waals surface area contributed by atoms with E-state index in [4.69, 9.17) is 23.2 Å². The van der Waals surface area contributed by atoms with Gasteiger partial charge in [-0.25, -0.2) is 4.39 Å². The summed E-state index contributed by atoms with van der Waals surface area (Å²) in [5.74, 6) is -0.425. The second kappa shape index (κ2) is 5.73. The Kier molecular flexibility index (Phi) is 4.26. The van der Waals surface area contributed by atoms with Crippen molar-refractivity contribution in [2.24, 2.45) is 0 Å².